The van der Waals surface area contributed by atoms with Crippen LogP contribution in [0.25, 0.3) is 16.9 Å². The van der Waals surface area contributed by atoms with Crippen LogP contribution in [0.2, 0.25) is 0 Å². The molecule has 2 aromatic carbocycles. The fraction of sp³-hybridized carbons (Fsp3) is 0.212. The van der Waals surface area contributed by atoms with Gasteiger partial charge in [-0.25, -0.2) is 9.78 Å². The number of oxazole rings is 1. The van der Waals surface area contributed by atoms with Crippen molar-refractivity contribution in [2.45, 2.75) is 32.2 Å². The average Bonchev–Trinajstić information content (AvgIpc) is 3.66. The average molecular weight is 647 g/mol. The van der Waals surface area contributed by atoms with E-state index in [-0.39, 0.29) is 35.4 Å². The van der Waals surface area contributed by atoms with E-state index in [0.29, 0.717) is 29.8 Å². The Bertz CT molecular complexity index is 1540. The number of carbonyl (C=O) groups excluding carboxylic acids is 3. The molecule has 3 heterocycles. The van der Waals surface area contributed by atoms with E-state index in [2.05, 4.69) is 34.2 Å². The van der Waals surface area contributed by atoms with Gasteiger partial charge in [-0.3, -0.25) is 9.59 Å². The number of methoxy groups -OCH3 is 1. The fourth-order valence-corrected chi connectivity index (χ4v) is 4.47. The van der Waals surface area contributed by atoms with Crippen LogP contribution < -0.4 is 4.74 Å². The summed E-state index contributed by atoms with van der Waals surface area (Å²) in [4.78, 5) is 47.3. The minimum absolute atomic E-state index is 0. The molecule has 0 unspecified atom stereocenters. The van der Waals surface area contributed by atoms with Crippen LogP contribution >= 0.6 is 17.0 Å². The molecule has 1 aromatic heterocycles. The molecule has 3 aliphatic rings. The monoisotopic (exact) mass is 645 g/mol. The molecule has 0 atom stereocenters. The molecule has 2 amide bonds. The molecule has 1 fully saturated rings. The maximum absolute atomic E-state index is 12.4. The molecule has 222 valence electrons. The molecule has 43 heavy (non-hydrogen) atoms. The standard InChI is InChI=1S/C27H23N3O6.C6H8.BrH/c1-34-22-7-5-19(6-8-22)23-16-28-26(35-23)20-11-13-29(14-12-20)17-18-3-2-4-21(15-18)27(33)36-30-24(31)9-10-25(30)32;1-2-4-6-5-3-1;/h2-8,11-13,15-16H,9-10,14,17H2,1H3;1-4H,5-6H2;1H. The van der Waals surface area contributed by atoms with Gasteiger partial charge in [0.1, 0.15) is 5.75 Å². The first-order valence-corrected chi connectivity index (χ1v) is 13.7. The second-order valence-electron chi connectivity index (χ2n) is 9.76. The summed E-state index contributed by atoms with van der Waals surface area (Å²) in [6.45, 7) is 1.17. The highest BCUT2D eigenvalue weighted by Crippen LogP contribution is 2.27. The molecule has 2 aliphatic heterocycles. The van der Waals surface area contributed by atoms with Crippen molar-refractivity contribution in [2.75, 3.05) is 13.7 Å². The topological polar surface area (TPSA) is 102 Å². The van der Waals surface area contributed by atoms with Crippen molar-refractivity contribution in [3.8, 4) is 17.1 Å². The number of nitrogens with zero attached hydrogens (tertiary/aromatic N) is 3. The molecule has 0 spiro atoms. The molecule has 9 nitrogen and oxygen atoms in total. The van der Waals surface area contributed by atoms with Crippen LogP contribution in [-0.4, -0.2) is 46.4 Å². The number of ether oxygens (including phenoxy) is 1. The third-order valence-corrected chi connectivity index (χ3v) is 6.75. The van der Waals surface area contributed by atoms with E-state index >= 15 is 0 Å². The first kappa shape index (κ1) is 31.2. The van der Waals surface area contributed by atoms with Crippen molar-refractivity contribution in [1.82, 2.24) is 14.9 Å². The number of hydrogen-bond donors (Lipinski definition) is 0. The predicted molar refractivity (Wildman–Crippen MR) is 167 cm³/mol. The molecule has 0 bridgehead atoms. The van der Waals surface area contributed by atoms with Crippen molar-refractivity contribution in [3.05, 3.63) is 114 Å². The Labute approximate surface area is 260 Å². The summed E-state index contributed by atoms with van der Waals surface area (Å²) in [6.07, 6.45) is 18.7. The van der Waals surface area contributed by atoms with Crippen LogP contribution in [0.1, 0.15) is 47.5 Å². The predicted octanol–water partition coefficient (Wildman–Crippen LogP) is 6.45. The van der Waals surface area contributed by atoms with Crippen LogP contribution in [0.5, 0.6) is 5.75 Å². The van der Waals surface area contributed by atoms with Crippen LogP contribution in [-0.2, 0) is 21.0 Å². The number of imide groups is 1. The van der Waals surface area contributed by atoms with Crippen LogP contribution in [0.15, 0.2) is 102 Å². The highest BCUT2D eigenvalue weighted by molar-refractivity contribution is 8.93. The van der Waals surface area contributed by atoms with Crippen molar-refractivity contribution in [2.24, 2.45) is 0 Å². The number of rotatable bonds is 7. The number of carbonyl (C=O) groups is 3. The lowest BCUT2D eigenvalue weighted by atomic mass is 10.1. The molecule has 0 saturated carbocycles. The lowest BCUT2D eigenvalue weighted by Crippen LogP contribution is -2.32. The lowest BCUT2D eigenvalue weighted by Gasteiger charge is -2.22. The van der Waals surface area contributed by atoms with Crippen LogP contribution in [0.3, 0.4) is 0 Å². The zero-order chi connectivity index (χ0) is 29.3. The van der Waals surface area contributed by atoms with E-state index in [4.69, 9.17) is 14.0 Å². The molecular weight excluding hydrogens is 614 g/mol. The maximum atomic E-state index is 12.4. The third kappa shape index (κ3) is 8.20. The van der Waals surface area contributed by atoms with Gasteiger partial charge in [-0.2, -0.15) is 0 Å². The quantitative estimate of drug-likeness (QED) is 0.270. The number of allylic oxidation sites excluding steroid dienone is 6. The van der Waals surface area contributed by atoms with Crippen LogP contribution in [0, 0.1) is 0 Å². The van der Waals surface area contributed by atoms with Gasteiger partial charge in [0.25, 0.3) is 11.8 Å². The number of aromatic nitrogens is 1. The van der Waals surface area contributed by atoms with Gasteiger partial charge < -0.3 is 18.9 Å². The van der Waals surface area contributed by atoms with Gasteiger partial charge in [-0.15, -0.1) is 22.0 Å². The van der Waals surface area contributed by atoms with E-state index < -0.39 is 17.8 Å². The van der Waals surface area contributed by atoms with Crippen molar-refractivity contribution < 1.29 is 28.4 Å². The zero-order valence-electron chi connectivity index (χ0n) is 23.7. The molecule has 10 heteroatoms. The lowest BCUT2D eigenvalue weighted by molar-refractivity contribution is -0.172. The number of hydrogen-bond acceptors (Lipinski definition) is 8. The molecule has 0 radical (unpaired) electrons. The van der Waals surface area contributed by atoms with Gasteiger partial charge in [0.05, 0.1) is 18.9 Å². The largest absolute Gasteiger partial charge is 0.497 e. The summed E-state index contributed by atoms with van der Waals surface area (Å²) in [7, 11) is 1.62. The second kappa shape index (κ2) is 15.0. The van der Waals surface area contributed by atoms with Crippen molar-refractivity contribution >= 4 is 40.3 Å². The first-order chi connectivity index (χ1) is 20.5. The number of amides is 2. The van der Waals surface area contributed by atoms with Gasteiger partial charge in [0.2, 0.25) is 5.89 Å². The Balaban J connectivity index is 0.000000541. The summed E-state index contributed by atoms with van der Waals surface area (Å²) in [5.41, 5.74) is 2.93. The van der Waals surface area contributed by atoms with Gasteiger partial charge in [-0.1, -0.05) is 42.5 Å². The molecular formula is C33H32BrN3O6. The third-order valence-electron chi connectivity index (χ3n) is 6.75. The fourth-order valence-electron chi connectivity index (χ4n) is 4.47. The first-order valence-electron chi connectivity index (χ1n) is 13.7. The normalized spacial score (nSPS) is 15.4. The van der Waals surface area contributed by atoms with E-state index in [9.17, 15) is 14.4 Å². The highest BCUT2D eigenvalue weighted by Gasteiger charge is 2.33. The van der Waals surface area contributed by atoms with E-state index in [1.807, 2.05) is 48.7 Å². The molecule has 1 saturated heterocycles. The van der Waals surface area contributed by atoms with E-state index in [0.717, 1.165) is 22.4 Å². The SMILES string of the molecule is Br.C1=CCCC=C1.COc1ccc(-c2cnc(C3=CCN(Cc4cccc(C(=O)ON5C(=O)CCC5=O)c4)C=C3)o2)cc1. The summed E-state index contributed by atoms with van der Waals surface area (Å²) < 4.78 is 11.1. The second-order valence-corrected chi connectivity index (χ2v) is 9.76. The molecule has 3 aromatic rings. The number of benzene rings is 2. The Morgan fingerprint density at radius 2 is 1.72 bits per heavy atom. The van der Waals surface area contributed by atoms with E-state index in [1.54, 1.807) is 31.5 Å². The summed E-state index contributed by atoms with van der Waals surface area (Å²) in [5, 5.41) is 0.553. The van der Waals surface area contributed by atoms with E-state index in [1.165, 1.54) is 12.8 Å². The molecule has 6 rings (SSSR count). The Kier molecular flexibility index (Phi) is 10.9. The highest BCUT2D eigenvalue weighted by atomic mass is 79.9. The summed E-state index contributed by atoms with van der Waals surface area (Å²) in [6, 6.07) is 14.5. The molecule has 1 aliphatic carbocycles. The number of hydroxylamine groups is 2. The Morgan fingerprint density at radius 3 is 2.33 bits per heavy atom. The number of halogens is 1. The van der Waals surface area contributed by atoms with Gasteiger partial charge in [-0.05, 0) is 60.9 Å². The van der Waals surface area contributed by atoms with Gasteiger partial charge in [0, 0.05) is 43.3 Å². The van der Waals surface area contributed by atoms with Gasteiger partial charge >= 0.3 is 5.97 Å². The minimum atomic E-state index is -0.742. The van der Waals surface area contributed by atoms with Crippen molar-refractivity contribution in [3.63, 3.8) is 0 Å². The summed E-state index contributed by atoms with van der Waals surface area (Å²) >= 11 is 0. The minimum Gasteiger partial charge on any atom is -0.497 e. The Hall–Kier alpha value is -4.70. The smallest absolute Gasteiger partial charge is 0.363 e. The van der Waals surface area contributed by atoms with Crippen molar-refractivity contribution in [1.29, 1.82) is 0 Å². The molecule has 0 N–H and O–H groups in total. The van der Waals surface area contributed by atoms with Crippen LogP contribution in [0.4, 0.5) is 0 Å². The summed E-state index contributed by atoms with van der Waals surface area (Å²) in [5.74, 6) is 0.224. The maximum Gasteiger partial charge on any atom is 0.363 e. The Morgan fingerprint density at radius 1 is 1.00 bits per heavy atom. The van der Waals surface area contributed by atoms with Gasteiger partial charge in [0.15, 0.2) is 5.76 Å². The zero-order valence-corrected chi connectivity index (χ0v) is 25.4.